The minimum atomic E-state index is 0.840. The normalized spacial score (nSPS) is 10.7. The zero-order valence-electron chi connectivity index (χ0n) is 6.28. The van der Waals surface area contributed by atoms with Crippen LogP contribution in [0.15, 0.2) is 0 Å². The molecular weight excluding hydrogens is 225 g/mol. The third kappa shape index (κ3) is 8.69. The van der Waals surface area contributed by atoms with Crippen molar-refractivity contribution >= 4 is 22.6 Å². The summed E-state index contributed by atoms with van der Waals surface area (Å²) in [6.07, 6.45) is 1.30. The van der Waals surface area contributed by atoms with E-state index >= 15 is 0 Å². The predicted octanol–water partition coefficient (Wildman–Crippen LogP) is 2.06. The topological polar surface area (TPSA) is 12.0 Å². The van der Waals surface area contributed by atoms with Crippen molar-refractivity contribution in [1.82, 2.24) is 5.32 Å². The summed E-state index contributed by atoms with van der Waals surface area (Å²) in [7, 11) is 0. The summed E-state index contributed by atoms with van der Waals surface area (Å²) in [5.74, 6) is 0.840. The zero-order chi connectivity index (χ0) is 7.11. The molecule has 0 unspecified atom stereocenters. The Hall–Kier alpha value is 0.690. The van der Waals surface area contributed by atoms with Crippen molar-refractivity contribution in [3.05, 3.63) is 0 Å². The average molecular weight is 241 g/mol. The van der Waals surface area contributed by atoms with Gasteiger partial charge in [-0.3, -0.25) is 0 Å². The lowest BCUT2D eigenvalue weighted by Gasteiger charge is -2.03. The highest BCUT2D eigenvalue weighted by Gasteiger charge is 1.90. The van der Waals surface area contributed by atoms with Gasteiger partial charge in [-0.25, -0.2) is 0 Å². The molecule has 1 nitrogen and oxygen atoms in total. The first-order valence-corrected chi connectivity index (χ1v) is 5.06. The Labute approximate surface area is 71.7 Å². The molecule has 0 spiro atoms. The van der Waals surface area contributed by atoms with E-state index in [1.165, 1.54) is 17.4 Å². The van der Waals surface area contributed by atoms with E-state index < -0.39 is 0 Å². The third-order valence-corrected chi connectivity index (χ3v) is 1.71. The van der Waals surface area contributed by atoms with Crippen molar-refractivity contribution in [3.63, 3.8) is 0 Å². The second-order valence-electron chi connectivity index (χ2n) is 2.62. The van der Waals surface area contributed by atoms with Crippen molar-refractivity contribution in [3.8, 4) is 0 Å². The largest absolute Gasteiger partial charge is 0.316 e. The summed E-state index contributed by atoms with van der Waals surface area (Å²) in [4.78, 5) is 0. The monoisotopic (exact) mass is 241 g/mol. The van der Waals surface area contributed by atoms with Crippen LogP contribution in [0.1, 0.15) is 20.3 Å². The van der Waals surface area contributed by atoms with E-state index in [-0.39, 0.29) is 0 Å². The second kappa shape index (κ2) is 6.81. The fraction of sp³-hybridized carbons (Fsp3) is 1.00. The van der Waals surface area contributed by atoms with Crippen LogP contribution in [0.2, 0.25) is 0 Å². The lowest BCUT2D eigenvalue weighted by atomic mass is 10.1. The van der Waals surface area contributed by atoms with E-state index in [0.717, 1.165) is 12.5 Å². The first-order chi connectivity index (χ1) is 4.27. The van der Waals surface area contributed by atoms with Crippen LogP contribution in [-0.4, -0.2) is 17.5 Å². The quantitative estimate of drug-likeness (QED) is 0.441. The SMILES string of the molecule is CC(C)CCNCCI. The number of rotatable bonds is 5. The maximum Gasteiger partial charge on any atom is 0.0121 e. The second-order valence-corrected chi connectivity index (χ2v) is 3.70. The van der Waals surface area contributed by atoms with Gasteiger partial charge in [0.15, 0.2) is 0 Å². The van der Waals surface area contributed by atoms with Crippen LogP contribution >= 0.6 is 22.6 Å². The van der Waals surface area contributed by atoms with Crippen molar-refractivity contribution in [2.75, 3.05) is 17.5 Å². The fourth-order valence-electron chi connectivity index (χ4n) is 0.583. The van der Waals surface area contributed by atoms with Gasteiger partial charge >= 0.3 is 0 Å². The van der Waals surface area contributed by atoms with Crippen LogP contribution in [0.4, 0.5) is 0 Å². The van der Waals surface area contributed by atoms with Gasteiger partial charge in [0.2, 0.25) is 0 Å². The highest BCUT2D eigenvalue weighted by molar-refractivity contribution is 14.1. The molecule has 0 fully saturated rings. The lowest BCUT2D eigenvalue weighted by Crippen LogP contribution is -2.18. The van der Waals surface area contributed by atoms with Crippen LogP contribution in [-0.2, 0) is 0 Å². The Bertz CT molecular complexity index is 54.9. The molecule has 0 saturated carbocycles. The molecule has 0 atom stereocenters. The van der Waals surface area contributed by atoms with Crippen LogP contribution < -0.4 is 5.32 Å². The summed E-state index contributed by atoms with van der Waals surface area (Å²) < 4.78 is 1.22. The standard InChI is InChI=1S/C7H16IN/c1-7(2)3-5-9-6-4-8/h7,9H,3-6H2,1-2H3. The van der Waals surface area contributed by atoms with E-state index in [1.54, 1.807) is 0 Å². The van der Waals surface area contributed by atoms with Gasteiger partial charge in [0, 0.05) is 11.0 Å². The third-order valence-electron chi connectivity index (χ3n) is 1.17. The maximum atomic E-state index is 3.36. The zero-order valence-corrected chi connectivity index (χ0v) is 8.44. The number of hydrogen-bond acceptors (Lipinski definition) is 1. The molecule has 0 saturated heterocycles. The van der Waals surface area contributed by atoms with Crippen molar-refractivity contribution < 1.29 is 0 Å². The Balaban J connectivity index is 2.75. The first-order valence-electron chi connectivity index (χ1n) is 3.54. The molecule has 9 heavy (non-hydrogen) atoms. The molecule has 0 amide bonds. The molecule has 0 aliphatic carbocycles. The molecule has 0 heterocycles. The predicted molar refractivity (Wildman–Crippen MR) is 51.2 cm³/mol. The Morgan fingerprint density at radius 2 is 2.00 bits per heavy atom. The first kappa shape index (κ1) is 9.69. The van der Waals surface area contributed by atoms with Gasteiger partial charge in [0.1, 0.15) is 0 Å². The summed E-state index contributed by atoms with van der Waals surface area (Å²) in [5, 5.41) is 3.36. The van der Waals surface area contributed by atoms with Gasteiger partial charge in [-0.1, -0.05) is 36.4 Å². The smallest absolute Gasteiger partial charge is 0.0121 e. The summed E-state index contributed by atoms with van der Waals surface area (Å²) in [5.41, 5.74) is 0. The molecule has 0 rings (SSSR count). The number of hydrogen-bond donors (Lipinski definition) is 1. The van der Waals surface area contributed by atoms with Gasteiger partial charge in [0.05, 0.1) is 0 Å². The van der Waals surface area contributed by atoms with E-state index in [9.17, 15) is 0 Å². The van der Waals surface area contributed by atoms with Crippen LogP contribution in [0.3, 0.4) is 0 Å². The Morgan fingerprint density at radius 3 is 2.44 bits per heavy atom. The molecule has 0 aliphatic rings. The minimum absolute atomic E-state index is 0.840. The number of halogens is 1. The number of nitrogens with one attached hydrogen (secondary N) is 1. The minimum Gasteiger partial charge on any atom is -0.316 e. The molecule has 0 aromatic carbocycles. The molecule has 0 radical (unpaired) electrons. The molecule has 0 bridgehead atoms. The van der Waals surface area contributed by atoms with E-state index in [4.69, 9.17) is 0 Å². The van der Waals surface area contributed by atoms with E-state index in [2.05, 4.69) is 41.8 Å². The Kier molecular flexibility index (Phi) is 7.33. The number of alkyl halides is 1. The summed E-state index contributed by atoms with van der Waals surface area (Å²) in [6.45, 7) is 6.85. The fourth-order valence-corrected chi connectivity index (χ4v) is 0.964. The van der Waals surface area contributed by atoms with Crippen LogP contribution in [0.25, 0.3) is 0 Å². The van der Waals surface area contributed by atoms with E-state index in [1.807, 2.05) is 0 Å². The van der Waals surface area contributed by atoms with Gasteiger partial charge in [-0.15, -0.1) is 0 Å². The van der Waals surface area contributed by atoms with Gasteiger partial charge in [0.25, 0.3) is 0 Å². The molecular formula is C7H16IN. The van der Waals surface area contributed by atoms with E-state index in [0.29, 0.717) is 0 Å². The molecule has 0 aliphatic heterocycles. The molecule has 56 valence electrons. The highest BCUT2D eigenvalue weighted by Crippen LogP contribution is 1.95. The van der Waals surface area contributed by atoms with Gasteiger partial charge < -0.3 is 5.32 Å². The average Bonchev–Trinajstić information content (AvgIpc) is 1.80. The van der Waals surface area contributed by atoms with Crippen LogP contribution in [0.5, 0.6) is 0 Å². The maximum absolute atomic E-state index is 3.36. The lowest BCUT2D eigenvalue weighted by molar-refractivity contribution is 0.548. The van der Waals surface area contributed by atoms with Crippen molar-refractivity contribution in [2.24, 2.45) is 5.92 Å². The summed E-state index contributed by atoms with van der Waals surface area (Å²) in [6, 6.07) is 0. The van der Waals surface area contributed by atoms with Gasteiger partial charge in [-0.2, -0.15) is 0 Å². The Morgan fingerprint density at radius 1 is 1.33 bits per heavy atom. The van der Waals surface area contributed by atoms with Crippen molar-refractivity contribution in [1.29, 1.82) is 0 Å². The molecule has 2 heteroatoms. The molecule has 0 aromatic rings. The molecule has 0 aromatic heterocycles. The van der Waals surface area contributed by atoms with Gasteiger partial charge in [-0.05, 0) is 18.9 Å². The molecule has 1 N–H and O–H groups in total. The highest BCUT2D eigenvalue weighted by atomic mass is 127. The van der Waals surface area contributed by atoms with Crippen molar-refractivity contribution in [2.45, 2.75) is 20.3 Å². The van der Waals surface area contributed by atoms with Crippen LogP contribution in [0, 0.1) is 5.92 Å². The summed E-state index contributed by atoms with van der Waals surface area (Å²) >= 11 is 2.38.